The zero-order chi connectivity index (χ0) is 10.7. The molecule has 0 bridgehead atoms. The molecule has 0 aromatic heterocycles. The van der Waals surface area contributed by atoms with Crippen LogP contribution in [0.15, 0.2) is 16.6 Å². The smallest absolute Gasteiger partial charge is 0.143 e. The first-order valence-corrected chi connectivity index (χ1v) is 4.85. The lowest BCUT2D eigenvalue weighted by Crippen LogP contribution is -2.17. The fraction of sp³-hybridized carbons (Fsp3) is 0.333. The predicted molar refractivity (Wildman–Crippen MR) is 52.9 cm³/mol. The van der Waals surface area contributed by atoms with Gasteiger partial charge in [-0.2, -0.15) is 0 Å². The molecule has 1 aromatic rings. The topological polar surface area (TPSA) is 46.2 Å². The molecular weight excluding hydrogens is 256 g/mol. The zero-order valence-corrected chi connectivity index (χ0v) is 8.89. The summed E-state index contributed by atoms with van der Waals surface area (Å²) in [5.74, 6) is -1.86. The Bertz CT molecular complexity index is 329. The number of aliphatic hydroxyl groups excluding tert-OH is 1. The summed E-state index contributed by atoms with van der Waals surface area (Å²) < 4.78 is 26.1. The van der Waals surface area contributed by atoms with E-state index < -0.39 is 17.6 Å². The van der Waals surface area contributed by atoms with Crippen molar-refractivity contribution in [3.8, 4) is 0 Å². The average molecular weight is 266 g/mol. The number of hydrogen-bond acceptors (Lipinski definition) is 2. The number of halogens is 3. The Hall–Kier alpha value is -0.520. The fourth-order valence-electron chi connectivity index (χ4n) is 1.16. The zero-order valence-electron chi connectivity index (χ0n) is 7.30. The van der Waals surface area contributed by atoms with Crippen molar-refractivity contribution in [3.63, 3.8) is 0 Å². The molecule has 0 spiro atoms. The van der Waals surface area contributed by atoms with E-state index in [4.69, 9.17) is 10.8 Å². The summed E-state index contributed by atoms with van der Waals surface area (Å²) in [6, 6.07) is 2.43. The van der Waals surface area contributed by atoms with Crippen molar-refractivity contribution in [2.45, 2.75) is 5.92 Å². The molecule has 0 aliphatic carbocycles. The first kappa shape index (κ1) is 11.6. The highest BCUT2D eigenvalue weighted by Crippen LogP contribution is 2.26. The molecular formula is C9H10BrF2NO. The van der Waals surface area contributed by atoms with Crippen LogP contribution < -0.4 is 5.73 Å². The van der Waals surface area contributed by atoms with Crippen LogP contribution >= 0.6 is 15.9 Å². The molecule has 1 atom stereocenters. The quantitative estimate of drug-likeness (QED) is 0.819. The normalized spacial score (nSPS) is 12.9. The van der Waals surface area contributed by atoms with Gasteiger partial charge in [0.15, 0.2) is 0 Å². The Morgan fingerprint density at radius 3 is 2.57 bits per heavy atom. The number of rotatable bonds is 3. The molecule has 14 heavy (non-hydrogen) atoms. The van der Waals surface area contributed by atoms with Gasteiger partial charge in [-0.1, -0.05) is 6.07 Å². The van der Waals surface area contributed by atoms with Crippen molar-refractivity contribution >= 4 is 15.9 Å². The van der Waals surface area contributed by atoms with Crippen LogP contribution in [0.3, 0.4) is 0 Å². The van der Waals surface area contributed by atoms with Crippen LogP contribution in [0.4, 0.5) is 8.78 Å². The summed E-state index contributed by atoms with van der Waals surface area (Å²) >= 11 is 2.78. The van der Waals surface area contributed by atoms with E-state index >= 15 is 0 Å². The third kappa shape index (κ3) is 2.10. The first-order valence-electron chi connectivity index (χ1n) is 4.06. The van der Waals surface area contributed by atoms with Crippen molar-refractivity contribution in [2.75, 3.05) is 13.2 Å². The third-order valence-corrected chi connectivity index (χ3v) is 2.74. The molecule has 0 heterocycles. The molecule has 0 saturated carbocycles. The van der Waals surface area contributed by atoms with Crippen LogP contribution in [0.2, 0.25) is 0 Å². The van der Waals surface area contributed by atoms with Gasteiger partial charge in [-0.3, -0.25) is 0 Å². The highest BCUT2D eigenvalue weighted by Gasteiger charge is 2.17. The van der Waals surface area contributed by atoms with Crippen LogP contribution in [-0.2, 0) is 0 Å². The first-order chi connectivity index (χ1) is 6.61. The molecule has 1 rings (SSSR count). The van der Waals surface area contributed by atoms with Gasteiger partial charge in [0.1, 0.15) is 11.6 Å². The summed E-state index contributed by atoms with van der Waals surface area (Å²) in [4.78, 5) is 0. The van der Waals surface area contributed by atoms with Gasteiger partial charge in [0.2, 0.25) is 0 Å². The molecule has 1 unspecified atom stereocenters. The molecule has 0 aliphatic heterocycles. The summed E-state index contributed by atoms with van der Waals surface area (Å²) in [5, 5.41) is 8.91. The molecule has 5 heteroatoms. The third-order valence-electron chi connectivity index (χ3n) is 2.01. The largest absolute Gasteiger partial charge is 0.396 e. The lowest BCUT2D eigenvalue weighted by atomic mass is 10.00. The number of nitrogens with two attached hydrogens (primary N) is 1. The standard InChI is InChI=1S/C9H10BrF2NO/c10-8-7(11)2-1-6(9(8)12)5(3-13)4-14/h1-2,5,14H,3-4,13H2. The second-order valence-electron chi connectivity index (χ2n) is 2.88. The van der Waals surface area contributed by atoms with Crippen LogP contribution in [-0.4, -0.2) is 18.3 Å². The van der Waals surface area contributed by atoms with E-state index in [1.54, 1.807) is 0 Å². The fourth-order valence-corrected chi connectivity index (χ4v) is 1.52. The number of benzene rings is 1. The van der Waals surface area contributed by atoms with E-state index in [9.17, 15) is 8.78 Å². The van der Waals surface area contributed by atoms with Gasteiger partial charge in [0.05, 0.1) is 11.1 Å². The van der Waals surface area contributed by atoms with Crippen molar-refractivity contribution in [1.29, 1.82) is 0 Å². The second-order valence-corrected chi connectivity index (χ2v) is 3.67. The lowest BCUT2D eigenvalue weighted by Gasteiger charge is -2.13. The van der Waals surface area contributed by atoms with Crippen LogP contribution in [0.1, 0.15) is 11.5 Å². The molecule has 78 valence electrons. The Morgan fingerprint density at radius 2 is 2.07 bits per heavy atom. The summed E-state index contributed by atoms with van der Waals surface area (Å²) in [7, 11) is 0. The molecule has 3 N–H and O–H groups in total. The summed E-state index contributed by atoms with van der Waals surface area (Å²) in [6.07, 6.45) is 0. The van der Waals surface area contributed by atoms with Gasteiger partial charge in [0, 0.05) is 12.5 Å². The Kier molecular flexibility index (Phi) is 3.97. The highest BCUT2D eigenvalue weighted by molar-refractivity contribution is 9.10. The number of aliphatic hydroxyl groups is 1. The van der Waals surface area contributed by atoms with Crippen molar-refractivity contribution < 1.29 is 13.9 Å². The van der Waals surface area contributed by atoms with Crippen LogP contribution in [0.25, 0.3) is 0 Å². The maximum atomic E-state index is 13.4. The van der Waals surface area contributed by atoms with E-state index in [1.165, 1.54) is 6.07 Å². The van der Waals surface area contributed by atoms with Gasteiger partial charge in [0.25, 0.3) is 0 Å². The second kappa shape index (κ2) is 4.82. The predicted octanol–water partition coefficient (Wildman–Crippen LogP) is 1.76. The maximum absolute atomic E-state index is 13.4. The minimum Gasteiger partial charge on any atom is -0.396 e. The van der Waals surface area contributed by atoms with Gasteiger partial charge >= 0.3 is 0 Å². The Morgan fingerprint density at radius 1 is 1.43 bits per heavy atom. The van der Waals surface area contributed by atoms with Gasteiger partial charge in [-0.15, -0.1) is 0 Å². The molecule has 0 fully saturated rings. The Balaban J connectivity index is 3.16. The van der Waals surface area contributed by atoms with Crippen LogP contribution in [0, 0.1) is 11.6 Å². The average Bonchev–Trinajstić information content (AvgIpc) is 2.19. The van der Waals surface area contributed by atoms with Gasteiger partial charge in [-0.05, 0) is 27.6 Å². The molecule has 0 saturated heterocycles. The number of hydrogen-bond donors (Lipinski definition) is 2. The lowest BCUT2D eigenvalue weighted by molar-refractivity contribution is 0.265. The van der Waals surface area contributed by atoms with Gasteiger partial charge < -0.3 is 10.8 Å². The molecule has 1 aromatic carbocycles. The van der Waals surface area contributed by atoms with Crippen molar-refractivity contribution in [1.82, 2.24) is 0 Å². The minimum atomic E-state index is -0.700. The monoisotopic (exact) mass is 265 g/mol. The molecule has 2 nitrogen and oxygen atoms in total. The summed E-state index contributed by atoms with van der Waals surface area (Å²) in [5.41, 5.74) is 5.56. The SMILES string of the molecule is NCC(CO)c1ccc(F)c(Br)c1F. The molecule has 0 aliphatic rings. The van der Waals surface area contributed by atoms with E-state index in [0.717, 1.165) is 6.07 Å². The van der Waals surface area contributed by atoms with E-state index in [0.29, 0.717) is 0 Å². The summed E-state index contributed by atoms with van der Waals surface area (Å²) in [6.45, 7) is -0.142. The van der Waals surface area contributed by atoms with Crippen LogP contribution in [0.5, 0.6) is 0 Å². The van der Waals surface area contributed by atoms with Gasteiger partial charge in [-0.25, -0.2) is 8.78 Å². The van der Waals surface area contributed by atoms with E-state index in [1.807, 2.05) is 0 Å². The maximum Gasteiger partial charge on any atom is 0.143 e. The van der Waals surface area contributed by atoms with Crippen molar-refractivity contribution in [3.05, 3.63) is 33.8 Å². The molecule has 0 amide bonds. The van der Waals surface area contributed by atoms with Crippen molar-refractivity contribution in [2.24, 2.45) is 5.73 Å². The minimum absolute atomic E-state index is 0.117. The molecule has 0 radical (unpaired) electrons. The Labute approximate surface area is 88.9 Å². The van der Waals surface area contributed by atoms with E-state index in [2.05, 4.69) is 15.9 Å². The highest BCUT2D eigenvalue weighted by atomic mass is 79.9. The van der Waals surface area contributed by atoms with E-state index in [-0.39, 0.29) is 23.2 Å².